The summed E-state index contributed by atoms with van der Waals surface area (Å²) in [5.74, 6) is 0. The van der Waals surface area contributed by atoms with Gasteiger partial charge in [-0.15, -0.1) is 0 Å². The molecular formula is C10H18N2O. The number of primary amides is 1. The van der Waals surface area contributed by atoms with Crippen LogP contribution < -0.4 is 5.73 Å². The van der Waals surface area contributed by atoms with Crippen molar-refractivity contribution in [2.45, 2.75) is 38.5 Å². The number of nitrogens with two attached hydrogens (primary N) is 1. The van der Waals surface area contributed by atoms with Gasteiger partial charge in [0.1, 0.15) is 0 Å². The van der Waals surface area contributed by atoms with Gasteiger partial charge in [0.2, 0.25) is 0 Å². The van der Waals surface area contributed by atoms with Gasteiger partial charge in [0, 0.05) is 13.1 Å². The molecule has 2 rings (SSSR count). The third-order valence-electron chi connectivity index (χ3n) is 3.80. The molecular weight excluding hydrogens is 164 g/mol. The zero-order chi connectivity index (χ0) is 9.31. The molecule has 13 heavy (non-hydrogen) atoms. The lowest BCUT2D eigenvalue weighted by Gasteiger charge is -2.38. The monoisotopic (exact) mass is 182 g/mol. The maximum Gasteiger partial charge on any atom is 0.314 e. The summed E-state index contributed by atoms with van der Waals surface area (Å²) in [4.78, 5) is 12.7. The Bertz CT molecular complexity index is 199. The molecule has 1 saturated heterocycles. The number of amides is 2. The van der Waals surface area contributed by atoms with Gasteiger partial charge in [-0.3, -0.25) is 0 Å². The summed E-state index contributed by atoms with van der Waals surface area (Å²) in [6.45, 7) is 1.77. The fraction of sp³-hybridized carbons (Fsp3) is 0.900. The van der Waals surface area contributed by atoms with Crippen molar-refractivity contribution in [1.82, 2.24) is 4.90 Å². The van der Waals surface area contributed by atoms with Crippen molar-refractivity contribution < 1.29 is 4.79 Å². The Morgan fingerprint density at radius 3 is 2.08 bits per heavy atom. The number of hydrogen-bond acceptors (Lipinski definition) is 1. The molecule has 2 fully saturated rings. The maximum absolute atomic E-state index is 10.9. The molecule has 1 aliphatic carbocycles. The molecule has 1 saturated carbocycles. The topological polar surface area (TPSA) is 46.3 Å². The van der Waals surface area contributed by atoms with E-state index in [4.69, 9.17) is 5.73 Å². The molecule has 3 heteroatoms. The van der Waals surface area contributed by atoms with Gasteiger partial charge in [-0.2, -0.15) is 0 Å². The Hall–Kier alpha value is -0.730. The van der Waals surface area contributed by atoms with E-state index in [2.05, 4.69) is 0 Å². The summed E-state index contributed by atoms with van der Waals surface area (Å²) < 4.78 is 0. The standard InChI is InChI=1S/C10H18N2O/c11-9(13)12-7-5-10(6-8-12)3-1-2-4-10/h1-8H2,(H2,11,13). The largest absolute Gasteiger partial charge is 0.351 e. The predicted octanol–water partition coefficient (Wildman–Crippen LogP) is 1.72. The third-order valence-corrected chi connectivity index (χ3v) is 3.80. The van der Waals surface area contributed by atoms with Gasteiger partial charge in [0.05, 0.1) is 0 Å². The number of urea groups is 1. The highest BCUT2D eigenvalue weighted by Gasteiger charge is 2.37. The van der Waals surface area contributed by atoms with E-state index in [0.29, 0.717) is 5.41 Å². The van der Waals surface area contributed by atoms with Crippen molar-refractivity contribution in [2.75, 3.05) is 13.1 Å². The summed E-state index contributed by atoms with van der Waals surface area (Å²) in [6.07, 6.45) is 7.87. The minimum Gasteiger partial charge on any atom is -0.351 e. The van der Waals surface area contributed by atoms with E-state index in [-0.39, 0.29) is 6.03 Å². The second-order valence-electron chi connectivity index (χ2n) is 4.53. The van der Waals surface area contributed by atoms with Gasteiger partial charge >= 0.3 is 6.03 Å². The average Bonchev–Trinajstić information content (AvgIpc) is 2.54. The Morgan fingerprint density at radius 1 is 1.08 bits per heavy atom. The lowest BCUT2D eigenvalue weighted by atomic mass is 9.77. The molecule has 0 radical (unpaired) electrons. The number of nitrogens with zero attached hydrogens (tertiary/aromatic N) is 1. The van der Waals surface area contributed by atoms with Crippen LogP contribution in [0.15, 0.2) is 0 Å². The predicted molar refractivity (Wildman–Crippen MR) is 51.3 cm³/mol. The molecule has 0 aromatic rings. The second-order valence-corrected chi connectivity index (χ2v) is 4.53. The molecule has 0 unspecified atom stereocenters. The highest BCUT2D eigenvalue weighted by atomic mass is 16.2. The van der Waals surface area contributed by atoms with E-state index in [1.54, 1.807) is 4.90 Å². The van der Waals surface area contributed by atoms with E-state index in [1.165, 1.54) is 38.5 Å². The fourth-order valence-electron chi connectivity index (χ4n) is 2.83. The first-order valence-electron chi connectivity index (χ1n) is 5.26. The first kappa shape index (κ1) is 8.85. The molecule has 0 bridgehead atoms. The van der Waals surface area contributed by atoms with Crippen LogP contribution in [0.25, 0.3) is 0 Å². The molecule has 0 atom stereocenters. The van der Waals surface area contributed by atoms with Crippen LogP contribution in [0.2, 0.25) is 0 Å². The SMILES string of the molecule is NC(=O)N1CCC2(CCCC2)CC1. The summed E-state index contributed by atoms with van der Waals surface area (Å²) in [5, 5.41) is 0. The zero-order valence-corrected chi connectivity index (χ0v) is 8.09. The number of likely N-dealkylation sites (tertiary alicyclic amines) is 1. The highest BCUT2D eigenvalue weighted by Crippen LogP contribution is 2.45. The molecule has 1 aliphatic heterocycles. The maximum atomic E-state index is 10.9. The molecule has 2 N–H and O–H groups in total. The van der Waals surface area contributed by atoms with Crippen molar-refractivity contribution in [3.63, 3.8) is 0 Å². The number of piperidine rings is 1. The fourth-order valence-corrected chi connectivity index (χ4v) is 2.83. The Labute approximate surface area is 79.3 Å². The van der Waals surface area contributed by atoms with Crippen LogP contribution in [0.5, 0.6) is 0 Å². The smallest absolute Gasteiger partial charge is 0.314 e. The van der Waals surface area contributed by atoms with Gasteiger partial charge < -0.3 is 10.6 Å². The third kappa shape index (κ3) is 1.64. The van der Waals surface area contributed by atoms with Crippen molar-refractivity contribution in [2.24, 2.45) is 11.1 Å². The van der Waals surface area contributed by atoms with Gasteiger partial charge in [-0.05, 0) is 31.1 Å². The minimum absolute atomic E-state index is 0.243. The van der Waals surface area contributed by atoms with Crippen molar-refractivity contribution in [1.29, 1.82) is 0 Å². The number of carbonyl (C=O) groups is 1. The van der Waals surface area contributed by atoms with Crippen molar-refractivity contribution in [3.05, 3.63) is 0 Å². The van der Waals surface area contributed by atoms with E-state index in [1.807, 2.05) is 0 Å². The molecule has 2 aliphatic rings. The van der Waals surface area contributed by atoms with Gasteiger partial charge in [-0.25, -0.2) is 4.79 Å². The highest BCUT2D eigenvalue weighted by molar-refractivity contribution is 5.72. The molecule has 2 amide bonds. The molecule has 1 heterocycles. The summed E-state index contributed by atoms with van der Waals surface area (Å²) >= 11 is 0. The van der Waals surface area contributed by atoms with Crippen LogP contribution in [0.3, 0.4) is 0 Å². The summed E-state index contributed by atoms with van der Waals surface area (Å²) in [6, 6.07) is -0.243. The van der Waals surface area contributed by atoms with Crippen LogP contribution in [0, 0.1) is 5.41 Å². The Kier molecular flexibility index (Phi) is 2.18. The van der Waals surface area contributed by atoms with Crippen LogP contribution in [0.1, 0.15) is 38.5 Å². The van der Waals surface area contributed by atoms with Gasteiger partial charge in [0.25, 0.3) is 0 Å². The lowest BCUT2D eigenvalue weighted by Crippen LogP contribution is -2.44. The second kappa shape index (κ2) is 3.20. The van der Waals surface area contributed by atoms with E-state index in [9.17, 15) is 4.79 Å². The number of carbonyl (C=O) groups excluding carboxylic acids is 1. The molecule has 1 spiro atoms. The van der Waals surface area contributed by atoms with E-state index in [0.717, 1.165) is 13.1 Å². The van der Waals surface area contributed by atoms with Crippen LogP contribution in [0.4, 0.5) is 4.79 Å². The molecule has 74 valence electrons. The lowest BCUT2D eigenvalue weighted by molar-refractivity contribution is 0.125. The first-order valence-corrected chi connectivity index (χ1v) is 5.26. The molecule has 0 aromatic carbocycles. The normalized spacial score (nSPS) is 26.6. The van der Waals surface area contributed by atoms with Crippen LogP contribution in [-0.2, 0) is 0 Å². The van der Waals surface area contributed by atoms with Gasteiger partial charge in [0.15, 0.2) is 0 Å². The first-order chi connectivity index (χ1) is 6.22. The van der Waals surface area contributed by atoms with Crippen molar-refractivity contribution >= 4 is 6.03 Å². The number of rotatable bonds is 0. The van der Waals surface area contributed by atoms with Crippen LogP contribution >= 0.6 is 0 Å². The summed E-state index contributed by atoms with van der Waals surface area (Å²) in [7, 11) is 0. The molecule has 0 aromatic heterocycles. The van der Waals surface area contributed by atoms with Crippen LogP contribution in [-0.4, -0.2) is 24.0 Å². The minimum atomic E-state index is -0.243. The van der Waals surface area contributed by atoms with E-state index >= 15 is 0 Å². The average molecular weight is 182 g/mol. The Balaban J connectivity index is 1.91. The quantitative estimate of drug-likeness (QED) is 0.609. The zero-order valence-electron chi connectivity index (χ0n) is 8.09. The summed E-state index contributed by atoms with van der Waals surface area (Å²) in [5.41, 5.74) is 5.83. The van der Waals surface area contributed by atoms with E-state index < -0.39 is 0 Å². The number of hydrogen-bond donors (Lipinski definition) is 1. The molecule has 3 nitrogen and oxygen atoms in total. The Morgan fingerprint density at radius 2 is 1.62 bits per heavy atom. The van der Waals surface area contributed by atoms with Gasteiger partial charge in [-0.1, -0.05) is 12.8 Å². The van der Waals surface area contributed by atoms with Crippen molar-refractivity contribution in [3.8, 4) is 0 Å².